The van der Waals surface area contributed by atoms with Crippen molar-refractivity contribution in [1.29, 1.82) is 0 Å². The summed E-state index contributed by atoms with van der Waals surface area (Å²) in [7, 11) is 0. The van der Waals surface area contributed by atoms with Gasteiger partial charge in [0, 0.05) is 32.8 Å². The summed E-state index contributed by atoms with van der Waals surface area (Å²) in [6.07, 6.45) is 3.03. The molecule has 4 nitrogen and oxygen atoms in total. The Bertz CT molecular complexity index is 264. The largest absolute Gasteiger partial charge is 0.368 e. The van der Waals surface area contributed by atoms with E-state index in [1.54, 1.807) is 0 Å². The number of ether oxygens (including phenoxy) is 1. The second-order valence-corrected chi connectivity index (χ2v) is 5.28. The number of likely N-dealkylation sites (tertiary alicyclic amines) is 1. The molecule has 0 aromatic rings. The van der Waals surface area contributed by atoms with Gasteiger partial charge in [-0.3, -0.25) is 4.79 Å². The smallest absolute Gasteiger partial charge is 0.251 e. The van der Waals surface area contributed by atoms with Gasteiger partial charge in [-0.1, -0.05) is 0 Å². The predicted octanol–water partition coefficient (Wildman–Crippen LogP) is 0.233. The molecular weight excluding hydrogens is 204 g/mol. The molecule has 3 saturated heterocycles. The Balaban J connectivity index is 1.59. The predicted molar refractivity (Wildman–Crippen MR) is 60.0 cm³/mol. The Morgan fingerprint density at radius 1 is 1.19 bits per heavy atom. The summed E-state index contributed by atoms with van der Waals surface area (Å²) in [4.78, 5) is 14.2. The Hall–Kier alpha value is -0.610. The monoisotopic (exact) mass is 224 g/mol. The number of nitrogens with one attached hydrogen (secondary N) is 1. The number of nitrogens with zero attached hydrogens (tertiary/aromatic N) is 1. The summed E-state index contributed by atoms with van der Waals surface area (Å²) >= 11 is 0. The highest BCUT2D eigenvalue weighted by Crippen LogP contribution is 2.28. The Morgan fingerprint density at radius 3 is 2.56 bits per heavy atom. The minimum Gasteiger partial charge on any atom is -0.368 e. The maximum atomic E-state index is 12.2. The third kappa shape index (κ3) is 1.84. The topological polar surface area (TPSA) is 41.6 Å². The highest BCUT2D eigenvalue weighted by atomic mass is 16.5. The fraction of sp³-hybridized carbons (Fsp3) is 0.917. The molecule has 0 aliphatic carbocycles. The van der Waals surface area contributed by atoms with Gasteiger partial charge in [-0.15, -0.1) is 0 Å². The lowest BCUT2D eigenvalue weighted by Crippen LogP contribution is -2.41. The summed E-state index contributed by atoms with van der Waals surface area (Å²) in [6, 6.07) is 0. The molecule has 0 aromatic carbocycles. The third-order valence-electron chi connectivity index (χ3n) is 4.16. The SMILES string of the molecule is O=C(C1CCCCO1)N1CC2CNCC2C1. The van der Waals surface area contributed by atoms with E-state index in [4.69, 9.17) is 4.74 Å². The molecule has 0 saturated carbocycles. The maximum absolute atomic E-state index is 12.2. The number of carbonyl (C=O) groups excluding carboxylic acids is 1. The third-order valence-corrected chi connectivity index (χ3v) is 4.16. The molecule has 16 heavy (non-hydrogen) atoms. The lowest BCUT2D eigenvalue weighted by molar-refractivity contribution is -0.145. The summed E-state index contributed by atoms with van der Waals surface area (Å²) < 4.78 is 5.57. The van der Waals surface area contributed by atoms with Crippen LogP contribution in [0.1, 0.15) is 19.3 Å². The number of amides is 1. The summed E-state index contributed by atoms with van der Waals surface area (Å²) in [5.41, 5.74) is 0. The van der Waals surface area contributed by atoms with Crippen LogP contribution in [0.5, 0.6) is 0 Å². The molecule has 3 fully saturated rings. The molecule has 4 heteroatoms. The first-order valence-corrected chi connectivity index (χ1v) is 6.45. The van der Waals surface area contributed by atoms with Crippen molar-refractivity contribution >= 4 is 5.91 Å². The number of carbonyl (C=O) groups is 1. The van der Waals surface area contributed by atoms with Crippen LogP contribution >= 0.6 is 0 Å². The van der Waals surface area contributed by atoms with Crippen molar-refractivity contribution in [2.75, 3.05) is 32.8 Å². The van der Waals surface area contributed by atoms with E-state index in [0.717, 1.165) is 52.0 Å². The van der Waals surface area contributed by atoms with Crippen molar-refractivity contribution in [2.24, 2.45) is 11.8 Å². The average Bonchev–Trinajstić information content (AvgIpc) is 2.89. The first-order chi connectivity index (χ1) is 7.84. The molecule has 1 N–H and O–H groups in total. The summed E-state index contributed by atoms with van der Waals surface area (Å²) in [6.45, 7) is 4.81. The lowest BCUT2D eigenvalue weighted by atomic mass is 10.0. The molecule has 0 bridgehead atoms. The average molecular weight is 224 g/mol. The van der Waals surface area contributed by atoms with Gasteiger partial charge in [0.2, 0.25) is 0 Å². The molecule has 3 aliphatic heterocycles. The van der Waals surface area contributed by atoms with Crippen LogP contribution < -0.4 is 5.32 Å². The van der Waals surface area contributed by atoms with E-state index < -0.39 is 0 Å². The summed E-state index contributed by atoms with van der Waals surface area (Å²) in [5.74, 6) is 1.62. The van der Waals surface area contributed by atoms with Crippen LogP contribution in [0, 0.1) is 11.8 Å². The quantitative estimate of drug-likeness (QED) is 0.693. The minimum atomic E-state index is -0.138. The van der Waals surface area contributed by atoms with Gasteiger partial charge in [0.15, 0.2) is 0 Å². The molecule has 0 spiro atoms. The summed E-state index contributed by atoms with van der Waals surface area (Å²) in [5, 5.41) is 3.39. The van der Waals surface area contributed by atoms with Crippen LogP contribution in [0.2, 0.25) is 0 Å². The first kappa shape index (κ1) is 10.5. The first-order valence-electron chi connectivity index (χ1n) is 6.45. The van der Waals surface area contributed by atoms with Gasteiger partial charge in [-0.25, -0.2) is 0 Å². The molecule has 3 heterocycles. The Labute approximate surface area is 96.3 Å². The number of rotatable bonds is 1. The molecule has 3 atom stereocenters. The normalized spacial score (nSPS) is 38.8. The van der Waals surface area contributed by atoms with E-state index in [1.807, 2.05) is 4.90 Å². The van der Waals surface area contributed by atoms with E-state index in [0.29, 0.717) is 11.8 Å². The van der Waals surface area contributed by atoms with E-state index in [-0.39, 0.29) is 12.0 Å². The van der Waals surface area contributed by atoms with Crippen molar-refractivity contribution in [3.8, 4) is 0 Å². The van der Waals surface area contributed by atoms with E-state index in [2.05, 4.69) is 5.32 Å². The van der Waals surface area contributed by atoms with Gasteiger partial charge in [0.1, 0.15) is 6.10 Å². The van der Waals surface area contributed by atoms with Gasteiger partial charge in [0.25, 0.3) is 5.91 Å². The zero-order valence-corrected chi connectivity index (χ0v) is 9.65. The van der Waals surface area contributed by atoms with Crippen molar-refractivity contribution in [3.63, 3.8) is 0 Å². The van der Waals surface area contributed by atoms with Gasteiger partial charge < -0.3 is 15.0 Å². The van der Waals surface area contributed by atoms with E-state index in [9.17, 15) is 4.79 Å². The molecule has 90 valence electrons. The van der Waals surface area contributed by atoms with Gasteiger partial charge >= 0.3 is 0 Å². The van der Waals surface area contributed by atoms with Crippen LogP contribution in [0.15, 0.2) is 0 Å². The van der Waals surface area contributed by atoms with Crippen LogP contribution in [0.4, 0.5) is 0 Å². The van der Waals surface area contributed by atoms with E-state index >= 15 is 0 Å². The minimum absolute atomic E-state index is 0.138. The molecule has 1 amide bonds. The molecule has 3 unspecified atom stereocenters. The second kappa shape index (κ2) is 4.34. The Morgan fingerprint density at radius 2 is 1.94 bits per heavy atom. The number of hydrogen-bond donors (Lipinski definition) is 1. The second-order valence-electron chi connectivity index (χ2n) is 5.28. The van der Waals surface area contributed by atoms with Crippen molar-refractivity contribution in [3.05, 3.63) is 0 Å². The standard InChI is InChI=1S/C12H20N2O2/c15-12(11-3-1-2-4-16-11)14-7-9-5-13-6-10(9)8-14/h9-11,13H,1-8H2. The van der Waals surface area contributed by atoms with Crippen LogP contribution in [-0.4, -0.2) is 49.7 Å². The maximum Gasteiger partial charge on any atom is 0.251 e. The fourth-order valence-corrected chi connectivity index (χ4v) is 3.17. The molecular formula is C12H20N2O2. The molecule has 0 aromatic heterocycles. The van der Waals surface area contributed by atoms with E-state index in [1.165, 1.54) is 0 Å². The molecule has 3 aliphatic rings. The highest BCUT2D eigenvalue weighted by molar-refractivity contribution is 5.81. The zero-order chi connectivity index (χ0) is 11.0. The fourth-order valence-electron chi connectivity index (χ4n) is 3.17. The lowest BCUT2D eigenvalue weighted by Gasteiger charge is -2.27. The van der Waals surface area contributed by atoms with Crippen LogP contribution in [-0.2, 0) is 9.53 Å². The van der Waals surface area contributed by atoms with Gasteiger partial charge in [-0.05, 0) is 31.1 Å². The van der Waals surface area contributed by atoms with Crippen molar-refractivity contribution in [2.45, 2.75) is 25.4 Å². The molecule has 3 rings (SSSR count). The van der Waals surface area contributed by atoms with Crippen molar-refractivity contribution in [1.82, 2.24) is 10.2 Å². The number of fused-ring (bicyclic) bond motifs is 1. The number of hydrogen-bond acceptors (Lipinski definition) is 3. The van der Waals surface area contributed by atoms with Crippen LogP contribution in [0.25, 0.3) is 0 Å². The zero-order valence-electron chi connectivity index (χ0n) is 9.65. The highest BCUT2D eigenvalue weighted by Gasteiger charge is 2.40. The Kier molecular flexibility index (Phi) is 2.86. The molecule has 0 radical (unpaired) electrons. The van der Waals surface area contributed by atoms with Gasteiger partial charge in [-0.2, -0.15) is 0 Å². The van der Waals surface area contributed by atoms with Gasteiger partial charge in [0.05, 0.1) is 0 Å². The van der Waals surface area contributed by atoms with Crippen molar-refractivity contribution < 1.29 is 9.53 Å². The van der Waals surface area contributed by atoms with Crippen LogP contribution in [0.3, 0.4) is 0 Å².